The number of nitrogens with zero attached hydrogens (tertiary/aromatic N) is 1. The lowest BCUT2D eigenvalue weighted by Crippen LogP contribution is -2.33. The largest absolute Gasteiger partial charge is 0.486 e. The summed E-state index contributed by atoms with van der Waals surface area (Å²) >= 11 is 0. The van der Waals surface area contributed by atoms with E-state index in [9.17, 15) is 9.59 Å². The van der Waals surface area contributed by atoms with Crippen molar-refractivity contribution >= 4 is 11.8 Å². The third-order valence-corrected chi connectivity index (χ3v) is 4.98. The van der Waals surface area contributed by atoms with Crippen LogP contribution in [0.5, 0.6) is 11.5 Å². The highest BCUT2D eigenvalue weighted by molar-refractivity contribution is 6.00. The molecule has 0 aliphatic carbocycles. The standard InChI is InChI=1S/C22H22N2O5/c1-14-10-17(19(25)13-28-22(26)18-6-5-9-23-18)15(2)24(14)11-16-12-27-20-7-3-4-8-21(20)29-16/h3-10,16,23H,11-13H2,1-2H3/t16-/m1/s1. The normalized spacial score (nSPS) is 15.2. The summed E-state index contributed by atoms with van der Waals surface area (Å²) in [6.07, 6.45) is 1.46. The quantitative estimate of drug-likeness (QED) is 0.512. The second-order valence-electron chi connectivity index (χ2n) is 6.98. The summed E-state index contributed by atoms with van der Waals surface area (Å²) < 4.78 is 19.0. The molecule has 0 amide bonds. The zero-order chi connectivity index (χ0) is 20.4. The lowest BCUT2D eigenvalue weighted by atomic mass is 10.1. The number of ether oxygens (including phenoxy) is 3. The number of aromatic nitrogens is 2. The molecule has 0 saturated carbocycles. The summed E-state index contributed by atoms with van der Waals surface area (Å²) in [6.45, 7) is 4.50. The number of benzene rings is 1. The Kier molecular flexibility index (Phi) is 5.12. The van der Waals surface area contributed by atoms with Crippen molar-refractivity contribution in [3.63, 3.8) is 0 Å². The number of fused-ring (bicyclic) bond motifs is 1. The average Bonchev–Trinajstić information content (AvgIpc) is 3.36. The van der Waals surface area contributed by atoms with Crippen molar-refractivity contribution in [1.82, 2.24) is 9.55 Å². The topological polar surface area (TPSA) is 82.6 Å². The molecular weight excluding hydrogens is 372 g/mol. The Bertz CT molecular complexity index is 1040. The van der Waals surface area contributed by atoms with Crippen LogP contribution in [0.4, 0.5) is 0 Å². The molecule has 1 aliphatic heterocycles. The molecule has 1 N–H and O–H groups in total. The molecule has 0 spiro atoms. The molecule has 0 radical (unpaired) electrons. The van der Waals surface area contributed by atoms with E-state index in [-0.39, 0.29) is 18.5 Å². The minimum atomic E-state index is -0.552. The first-order chi connectivity index (χ1) is 14.0. The molecule has 0 fully saturated rings. The molecule has 2 aromatic heterocycles. The van der Waals surface area contributed by atoms with Gasteiger partial charge in [0.25, 0.3) is 0 Å². The predicted octanol–water partition coefficient (Wildman–Crippen LogP) is 3.31. The van der Waals surface area contributed by atoms with Crippen molar-refractivity contribution in [3.05, 3.63) is 71.3 Å². The van der Waals surface area contributed by atoms with E-state index in [2.05, 4.69) is 4.98 Å². The maximum atomic E-state index is 12.6. The first-order valence-corrected chi connectivity index (χ1v) is 9.42. The van der Waals surface area contributed by atoms with E-state index in [0.717, 1.165) is 22.9 Å². The number of carbonyl (C=O) groups excluding carboxylic acids is 2. The number of aryl methyl sites for hydroxylation is 1. The van der Waals surface area contributed by atoms with Crippen molar-refractivity contribution in [2.45, 2.75) is 26.5 Å². The lowest BCUT2D eigenvalue weighted by molar-refractivity contribution is 0.0469. The SMILES string of the molecule is Cc1cc(C(=O)COC(=O)c2ccc[nH]2)c(C)n1C[C@@H]1COc2ccccc2O1. The Hall–Kier alpha value is -3.48. The van der Waals surface area contributed by atoms with Crippen LogP contribution < -0.4 is 9.47 Å². The number of esters is 1. The fourth-order valence-corrected chi connectivity index (χ4v) is 3.46. The molecule has 0 bridgehead atoms. The zero-order valence-electron chi connectivity index (χ0n) is 16.3. The minimum Gasteiger partial charge on any atom is -0.486 e. The molecule has 150 valence electrons. The van der Waals surface area contributed by atoms with E-state index in [1.807, 2.05) is 48.7 Å². The fraction of sp³-hybridized carbons (Fsp3) is 0.273. The number of Topliss-reactive ketones (excluding diaryl/α,β-unsaturated/α-hetero) is 1. The van der Waals surface area contributed by atoms with Gasteiger partial charge in [0.2, 0.25) is 5.78 Å². The molecule has 29 heavy (non-hydrogen) atoms. The number of para-hydroxylation sites is 2. The average molecular weight is 394 g/mol. The Morgan fingerprint density at radius 3 is 2.72 bits per heavy atom. The highest BCUT2D eigenvalue weighted by atomic mass is 16.6. The van der Waals surface area contributed by atoms with Crippen LogP contribution in [-0.2, 0) is 11.3 Å². The predicted molar refractivity (Wildman–Crippen MR) is 106 cm³/mol. The highest BCUT2D eigenvalue weighted by Gasteiger charge is 2.24. The second kappa shape index (κ2) is 7.87. The van der Waals surface area contributed by atoms with E-state index in [0.29, 0.717) is 24.4 Å². The lowest BCUT2D eigenvalue weighted by Gasteiger charge is -2.27. The number of hydrogen-bond donors (Lipinski definition) is 1. The summed E-state index contributed by atoms with van der Waals surface area (Å²) in [5.41, 5.74) is 2.60. The summed E-state index contributed by atoms with van der Waals surface area (Å²) in [5.74, 6) is 0.669. The van der Waals surface area contributed by atoms with Crippen LogP contribution in [0, 0.1) is 13.8 Å². The van der Waals surface area contributed by atoms with Gasteiger partial charge in [-0.25, -0.2) is 4.79 Å². The van der Waals surface area contributed by atoms with Gasteiger partial charge in [-0.05, 0) is 44.2 Å². The number of nitrogens with one attached hydrogen (secondary N) is 1. The number of ketones is 1. The summed E-state index contributed by atoms with van der Waals surface area (Å²) in [7, 11) is 0. The van der Waals surface area contributed by atoms with Crippen molar-refractivity contribution in [3.8, 4) is 11.5 Å². The van der Waals surface area contributed by atoms with Gasteiger partial charge in [-0.1, -0.05) is 12.1 Å². The molecule has 0 unspecified atom stereocenters. The van der Waals surface area contributed by atoms with Crippen LogP contribution in [0.2, 0.25) is 0 Å². The van der Waals surface area contributed by atoms with Crippen molar-refractivity contribution in [1.29, 1.82) is 0 Å². The molecule has 0 saturated heterocycles. The van der Waals surface area contributed by atoms with E-state index in [1.54, 1.807) is 18.3 Å². The molecule has 3 heterocycles. The van der Waals surface area contributed by atoms with E-state index in [4.69, 9.17) is 14.2 Å². The van der Waals surface area contributed by atoms with Gasteiger partial charge < -0.3 is 23.8 Å². The first kappa shape index (κ1) is 18.9. The molecule has 1 atom stereocenters. The summed E-state index contributed by atoms with van der Waals surface area (Å²) in [5, 5.41) is 0. The molecule has 4 rings (SSSR count). The number of hydrogen-bond acceptors (Lipinski definition) is 5. The third kappa shape index (κ3) is 3.89. The number of aromatic amines is 1. The Morgan fingerprint density at radius 2 is 1.97 bits per heavy atom. The van der Waals surface area contributed by atoms with Gasteiger partial charge in [-0.2, -0.15) is 0 Å². The molecule has 1 aromatic carbocycles. The van der Waals surface area contributed by atoms with Crippen LogP contribution in [0.25, 0.3) is 0 Å². The monoisotopic (exact) mass is 394 g/mol. The van der Waals surface area contributed by atoms with E-state index in [1.165, 1.54) is 0 Å². The minimum absolute atomic E-state index is 0.164. The fourth-order valence-electron chi connectivity index (χ4n) is 3.46. The van der Waals surface area contributed by atoms with E-state index < -0.39 is 5.97 Å². The molecule has 7 nitrogen and oxygen atoms in total. The van der Waals surface area contributed by atoms with Crippen LogP contribution in [0.15, 0.2) is 48.7 Å². The number of H-pyrrole nitrogens is 1. The first-order valence-electron chi connectivity index (χ1n) is 9.42. The molecule has 1 aliphatic rings. The maximum absolute atomic E-state index is 12.6. The Morgan fingerprint density at radius 1 is 1.17 bits per heavy atom. The van der Waals surface area contributed by atoms with Crippen LogP contribution in [0.3, 0.4) is 0 Å². The van der Waals surface area contributed by atoms with Crippen molar-refractivity contribution in [2.75, 3.05) is 13.2 Å². The number of rotatable bonds is 6. The summed E-state index contributed by atoms with van der Waals surface area (Å²) in [4.78, 5) is 27.3. The third-order valence-electron chi connectivity index (χ3n) is 4.98. The van der Waals surface area contributed by atoms with Gasteiger partial charge in [0.15, 0.2) is 24.2 Å². The highest BCUT2D eigenvalue weighted by Crippen LogP contribution is 2.31. The Balaban J connectivity index is 1.42. The Labute approximate surface area is 168 Å². The maximum Gasteiger partial charge on any atom is 0.355 e. The van der Waals surface area contributed by atoms with Crippen molar-refractivity contribution in [2.24, 2.45) is 0 Å². The van der Waals surface area contributed by atoms with Gasteiger partial charge in [0.1, 0.15) is 12.3 Å². The van der Waals surface area contributed by atoms with Crippen LogP contribution in [-0.4, -0.2) is 40.6 Å². The van der Waals surface area contributed by atoms with Gasteiger partial charge in [-0.15, -0.1) is 0 Å². The molecule has 3 aromatic rings. The van der Waals surface area contributed by atoms with Crippen molar-refractivity contribution < 1.29 is 23.8 Å². The smallest absolute Gasteiger partial charge is 0.355 e. The summed E-state index contributed by atoms with van der Waals surface area (Å²) in [6, 6.07) is 12.7. The van der Waals surface area contributed by atoms with Gasteiger partial charge in [0, 0.05) is 23.1 Å². The van der Waals surface area contributed by atoms with Crippen LogP contribution >= 0.6 is 0 Å². The van der Waals surface area contributed by atoms with Crippen LogP contribution in [0.1, 0.15) is 32.2 Å². The van der Waals surface area contributed by atoms with Gasteiger partial charge in [0.05, 0.1) is 6.54 Å². The molecule has 7 heteroatoms. The second-order valence-corrected chi connectivity index (χ2v) is 6.98. The number of carbonyl (C=O) groups is 2. The van der Waals surface area contributed by atoms with Gasteiger partial charge in [-0.3, -0.25) is 4.79 Å². The zero-order valence-corrected chi connectivity index (χ0v) is 16.3. The van der Waals surface area contributed by atoms with E-state index >= 15 is 0 Å². The molecular formula is C22H22N2O5. The van der Waals surface area contributed by atoms with Gasteiger partial charge >= 0.3 is 5.97 Å².